The molecule has 3 aromatic rings. The molecule has 31 heavy (non-hydrogen) atoms. The first-order chi connectivity index (χ1) is 14.7. The standard InChI is InChI=1S/C23H31N5O2S/c1-12(2)18-19(16-10-27(5)23(30)14(4)13(16)3)25-22-20(18)26-21(31-22)15-6-8-28(9-7-15)11-17(24)29/h10,12,15,25H,6-9,11H2,1-5H3,(H2,24,29). The van der Waals surface area contributed by atoms with Crippen LogP contribution in [0.25, 0.3) is 21.6 Å². The maximum atomic E-state index is 12.3. The zero-order valence-electron chi connectivity index (χ0n) is 18.9. The van der Waals surface area contributed by atoms with Crippen LogP contribution < -0.4 is 11.3 Å². The number of nitrogens with one attached hydrogen (secondary N) is 1. The molecule has 0 aliphatic carbocycles. The summed E-state index contributed by atoms with van der Waals surface area (Å²) in [6, 6.07) is 0. The summed E-state index contributed by atoms with van der Waals surface area (Å²) in [5.41, 5.74) is 11.6. The van der Waals surface area contributed by atoms with Crippen LogP contribution in [0.15, 0.2) is 11.0 Å². The van der Waals surface area contributed by atoms with Crippen molar-refractivity contribution >= 4 is 27.6 Å². The van der Waals surface area contributed by atoms with Crippen LogP contribution in [0.4, 0.5) is 0 Å². The van der Waals surface area contributed by atoms with E-state index in [4.69, 9.17) is 10.7 Å². The fourth-order valence-corrected chi connectivity index (χ4v) is 5.79. The molecule has 166 valence electrons. The normalized spacial score (nSPS) is 15.9. The van der Waals surface area contributed by atoms with Gasteiger partial charge in [-0.25, -0.2) is 4.98 Å². The van der Waals surface area contributed by atoms with Crippen molar-refractivity contribution in [2.45, 2.75) is 52.4 Å². The number of hydrogen-bond acceptors (Lipinski definition) is 5. The van der Waals surface area contributed by atoms with E-state index in [0.29, 0.717) is 18.4 Å². The first kappa shape index (κ1) is 21.8. The second-order valence-corrected chi connectivity index (χ2v) is 10.1. The van der Waals surface area contributed by atoms with Crippen LogP contribution in [0.5, 0.6) is 0 Å². The van der Waals surface area contributed by atoms with Gasteiger partial charge in [0.1, 0.15) is 10.3 Å². The van der Waals surface area contributed by atoms with E-state index >= 15 is 0 Å². The Morgan fingerprint density at radius 2 is 1.97 bits per heavy atom. The first-order valence-electron chi connectivity index (χ1n) is 10.9. The molecule has 3 aromatic heterocycles. The Bertz CT molecular complexity index is 1190. The number of aryl methyl sites for hydroxylation is 1. The van der Waals surface area contributed by atoms with Gasteiger partial charge in [0.15, 0.2) is 0 Å². The molecule has 4 heterocycles. The molecule has 1 aliphatic rings. The van der Waals surface area contributed by atoms with Crippen molar-refractivity contribution in [3.05, 3.63) is 38.2 Å². The van der Waals surface area contributed by atoms with Gasteiger partial charge in [-0.05, 0) is 51.3 Å². The lowest BCUT2D eigenvalue weighted by Gasteiger charge is -2.29. The molecule has 1 amide bonds. The summed E-state index contributed by atoms with van der Waals surface area (Å²) in [7, 11) is 1.81. The molecular formula is C23H31N5O2S. The summed E-state index contributed by atoms with van der Waals surface area (Å²) in [5, 5.41) is 1.17. The van der Waals surface area contributed by atoms with E-state index < -0.39 is 0 Å². The highest BCUT2D eigenvalue weighted by atomic mass is 32.1. The predicted molar refractivity (Wildman–Crippen MR) is 126 cm³/mol. The van der Waals surface area contributed by atoms with Gasteiger partial charge in [0.05, 0.1) is 17.2 Å². The Labute approximate surface area is 186 Å². The molecule has 0 bridgehead atoms. The molecule has 0 saturated carbocycles. The van der Waals surface area contributed by atoms with Gasteiger partial charge in [0, 0.05) is 35.9 Å². The lowest BCUT2D eigenvalue weighted by atomic mass is 9.95. The molecule has 0 radical (unpaired) electrons. The summed E-state index contributed by atoms with van der Waals surface area (Å²) in [6.45, 7) is 10.4. The van der Waals surface area contributed by atoms with Gasteiger partial charge >= 0.3 is 0 Å². The first-order valence-corrected chi connectivity index (χ1v) is 11.7. The second-order valence-electron chi connectivity index (χ2n) is 9.02. The number of aromatic amines is 1. The predicted octanol–water partition coefficient (Wildman–Crippen LogP) is 3.40. The minimum Gasteiger partial charge on any atom is -0.369 e. The van der Waals surface area contributed by atoms with E-state index in [9.17, 15) is 9.59 Å². The SMILES string of the molecule is Cc1c(-c2[nH]c3sc(C4CCN(CC(N)=O)CC4)nc3c2C(C)C)cn(C)c(=O)c1C. The highest BCUT2D eigenvalue weighted by molar-refractivity contribution is 7.18. The number of primary amides is 1. The number of aromatic nitrogens is 3. The fraction of sp³-hybridized carbons (Fsp3) is 0.522. The minimum atomic E-state index is -0.265. The van der Waals surface area contributed by atoms with Crippen molar-refractivity contribution in [1.29, 1.82) is 0 Å². The average Bonchev–Trinajstić information content (AvgIpc) is 3.27. The fourth-order valence-electron chi connectivity index (χ4n) is 4.64. The largest absolute Gasteiger partial charge is 0.369 e. The molecule has 3 N–H and O–H groups in total. The molecule has 1 fully saturated rings. The maximum absolute atomic E-state index is 12.3. The number of pyridine rings is 1. The topological polar surface area (TPSA) is 97.0 Å². The third kappa shape index (κ3) is 3.94. The number of carbonyl (C=O) groups excluding carboxylic acids is 1. The molecule has 0 spiro atoms. The van der Waals surface area contributed by atoms with Gasteiger partial charge in [0.2, 0.25) is 5.91 Å². The zero-order valence-corrected chi connectivity index (χ0v) is 19.7. The number of carbonyl (C=O) groups is 1. The smallest absolute Gasteiger partial charge is 0.253 e. The Kier molecular flexibility index (Phi) is 5.79. The lowest BCUT2D eigenvalue weighted by Crippen LogP contribution is -2.39. The van der Waals surface area contributed by atoms with E-state index in [1.54, 1.807) is 23.0 Å². The molecular weight excluding hydrogens is 410 g/mol. The number of thiazole rings is 1. The van der Waals surface area contributed by atoms with E-state index in [1.165, 1.54) is 10.6 Å². The summed E-state index contributed by atoms with van der Waals surface area (Å²) in [4.78, 5) is 35.5. The van der Waals surface area contributed by atoms with E-state index in [0.717, 1.165) is 58.7 Å². The average molecular weight is 442 g/mol. The number of nitrogens with two attached hydrogens (primary N) is 1. The Morgan fingerprint density at radius 1 is 1.29 bits per heavy atom. The number of hydrogen-bond donors (Lipinski definition) is 2. The van der Waals surface area contributed by atoms with Crippen molar-refractivity contribution < 1.29 is 4.79 Å². The van der Waals surface area contributed by atoms with Gasteiger partial charge in [-0.15, -0.1) is 11.3 Å². The Morgan fingerprint density at radius 3 is 2.58 bits per heavy atom. The molecule has 1 aliphatic heterocycles. The highest BCUT2D eigenvalue weighted by Gasteiger charge is 2.27. The Hall–Kier alpha value is -2.45. The van der Waals surface area contributed by atoms with E-state index in [1.807, 2.05) is 20.0 Å². The Balaban J connectivity index is 1.71. The number of rotatable bonds is 5. The molecule has 0 aromatic carbocycles. The summed E-state index contributed by atoms with van der Waals surface area (Å²) < 4.78 is 1.66. The van der Waals surface area contributed by atoms with Gasteiger partial charge < -0.3 is 15.3 Å². The molecule has 1 saturated heterocycles. The van der Waals surface area contributed by atoms with Crippen molar-refractivity contribution in [3.8, 4) is 11.3 Å². The zero-order chi connectivity index (χ0) is 22.4. The van der Waals surface area contributed by atoms with Crippen LogP contribution in [0.1, 0.15) is 60.2 Å². The highest BCUT2D eigenvalue weighted by Crippen LogP contribution is 2.41. The number of fused-ring (bicyclic) bond motifs is 1. The van der Waals surface area contributed by atoms with E-state index in [-0.39, 0.29) is 11.5 Å². The second kappa shape index (κ2) is 8.24. The van der Waals surface area contributed by atoms with Gasteiger partial charge in [-0.1, -0.05) is 13.8 Å². The molecule has 4 rings (SSSR count). The van der Waals surface area contributed by atoms with Crippen LogP contribution in [-0.2, 0) is 11.8 Å². The third-order valence-corrected chi connectivity index (χ3v) is 7.63. The number of piperidine rings is 1. The number of nitrogens with zero attached hydrogens (tertiary/aromatic N) is 3. The van der Waals surface area contributed by atoms with E-state index in [2.05, 4.69) is 23.7 Å². The van der Waals surface area contributed by atoms with Crippen LogP contribution >= 0.6 is 11.3 Å². The maximum Gasteiger partial charge on any atom is 0.253 e. The third-order valence-electron chi connectivity index (χ3n) is 6.50. The van der Waals surface area contributed by atoms with Crippen LogP contribution in [0.3, 0.4) is 0 Å². The van der Waals surface area contributed by atoms with Gasteiger partial charge in [0.25, 0.3) is 5.56 Å². The number of likely N-dealkylation sites (tertiary alicyclic amines) is 1. The summed E-state index contributed by atoms with van der Waals surface area (Å²) in [6.07, 6.45) is 3.92. The van der Waals surface area contributed by atoms with Crippen molar-refractivity contribution in [1.82, 2.24) is 19.4 Å². The van der Waals surface area contributed by atoms with Crippen LogP contribution in [0, 0.1) is 13.8 Å². The lowest BCUT2D eigenvalue weighted by molar-refractivity contribution is -0.119. The molecule has 8 heteroatoms. The number of amides is 1. The van der Waals surface area contributed by atoms with Gasteiger partial charge in [-0.3, -0.25) is 14.5 Å². The monoisotopic (exact) mass is 441 g/mol. The summed E-state index contributed by atoms with van der Waals surface area (Å²) >= 11 is 1.74. The quantitative estimate of drug-likeness (QED) is 0.634. The van der Waals surface area contributed by atoms with Gasteiger partial charge in [-0.2, -0.15) is 0 Å². The number of H-pyrrole nitrogens is 1. The minimum absolute atomic E-state index is 0.0452. The molecule has 0 unspecified atom stereocenters. The van der Waals surface area contributed by atoms with Crippen molar-refractivity contribution in [3.63, 3.8) is 0 Å². The summed E-state index contributed by atoms with van der Waals surface area (Å²) in [5.74, 6) is 0.451. The van der Waals surface area contributed by atoms with Crippen LogP contribution in [-0.4, -0.2) is 45.0 Å². The van der Waals surface area contributed by atoms with Crippen LogP contribution in [0.2, 0.25) is 0 Å². The van der Waals surface area contributed by atoms with Crippen molar-refractivity contribution in [2.75, 3.05) is 19.6 Å². The van der Waals surface area contributed by atoms with Crippen molar-refractivity contribution in [2.24, 2.45) is 12.8 Å². The molecule has 7 nitrogen and oxygen atoms in total. The molecule has 0 atom stereocenters.